The summed E-state index contributed by atoms with van der Waals surface area (Å²) >= 11 is 0. The lowest BCUT2D eigenvalue weighted by molar-refractivity contribution is -0.192. The zero-order chi connectivity index (χ0) is 28.2. The number of carboxylic acid groups (broad SMARTS) is 1. The van der Waals surface area contributed by atoms with Gasteiger partial charge in [0.05, 0.1) is 0 Å². The van der Waals surface area contributed by atoms with Gasteiger partial charge in [-0.2, -0.15) is 13.2 Å². The second-order valence-corrected chi connectivity index (χ2v) is 9.68. The first-order chi connectivity index (χ1) is 18.8. The van der Waals surface area contributed by atoms with Crippen LogP contribution in [0.3, 0.4) is 0 Å². The van der Waals surface area contributed by atoms with Crippen molar-refractivity contribution in [1.82, 2.24) is 41.7 Å². The molecule has 0 aromatic heterocycles. The van der Waals surface area contributed by atoms with Gasteiger partial charge in [0.15, 0.2) is 0 Å². The van der Waals surface area contributed by atoms with Gasteiger partial charge in [-0.1, -0.05) is 24.3 Å². The molecule has 1 aromatic rings. The fourth-order valence-electron chi connectivity index (χ4n) is 4.29. The summed E-state index contributed by atoms with van der Waals surface area (Å²) in [6, 6.07) is 9.23. The third-order valence-corrected chi connectivity index (χ3v) is 6.38. The molecule has 0 bridgehead atoms. The third-order valence-electron chi connectivity index (χ3n) is 6.38. The van der Waals surface area contributed by atoms with Crippen LogP contribution >= 0.6 is 0 Å². The Morgan fingerprint density at radius 2 is 0.923 bits per heavy atom. The van der Waals surface area contributed by atoms with Crippen molar-refractivity contribution in [2.24, 2.45) is 0 Å². The van der Waals surface area contributed by atoms with E-state index < -0.39 is 12.1 Å². The molecule has 0 atom stereocenters. The fraction of sp³-hybridized carbons (Fsp3) is 0.731. The summed E-state index contributed by atoms with van der Waals surface area (Å²) in [4.78, 5) is 14.0. The number of benzene rings is 1. The van der Waals surface area contributed by atoms with Gasteiger partial charge < -0.3 is 37.0 Å². The molecular weight excluding hydrogens is 513 g/mol. The molecule has 0 spiro atoms. The quantitative estimate of drug-likeness (QED) is 0.260. The standard InChI is InChI=1S/C24H46N8.C2HF3O2/c1-2-23(21-31-16-12-27-8-4-25-5-9-28-13-17-31)20-24(3-1)22-32-18-14-29-10-6-26-7-11-30-15-19-32;3-2(4,5)1(6)7/h1-3,20,25-30H,4-19,21-22H2;(H,6,7). The number of hydrogen-bond acceptors (Lipinski definition) is 9. The molecule has 2 aliphatic rings. The molecule has 0 aliphatic carbocycles. The number of carboxylic acids is 1. The summed E-state index contributed by atoms with van der Waals surface area (Å²) in [6.07, 6.45) is -5.08. The zero-order valence-corrected chi connectivity index (χ0v) is 22.9. The molecule has 2 fully saturated rings. The smallest absolute Gasteiger partial charge is 0.475 e. The van der Waals surface area contributed by atoms with Gasteiger partial charge in [-0.3, -0.25) is 9.80 Å². The maximum atomic E-state index is 10.6. The molecule has 2 saturated heterocycles. The monoisotopic (exact) mass is 560 g/mol. The molecule has 0 unspecified atom stereocenters. The summed E-state index contributed by atoms with van der Waals surface area (Å²) in [5.74, 6) is -2.76. The third kappa shape index (κ3) is 16.8. The molecule has 13 heteroatoms. The van der Waals surface area contributed by atoms with Gasteiger partial charge in [0.1, 0.15) is 0 Å². The van der Waals surface area contributed by atoms with E-state index in [0.717, 1.165) is 118 Å². The van der Waals surface area contributed by atoms with Gasteiger partial charge in [-0.15, -0.1) is 0 Å². The summed E-state index contributed by atoms with van der Waals surface area (Å²) in [7, 11) is 0. The van der Waals surface area contributed by atoms with Crippen molar-refractivity contribution < 1.29 is 23.1 Å². The van der Waals surface area contributed by atoms with Crippen molar-refractivity contribution in [3.63, 3.8) is 0 Å². The highest BCUT2D eigenvalue weighted by Crippen LogP contribution is 2.13. The van der Waals surface area contributed by atoms with Crippen molar-refractivity contribution in [1.29, 1.82) is 0 Å². The molecule has 224 valence electrons. The molecule has 2 heterocycles. The first-order valence-electron chi connectivity index (χ1n) is 13.9. The zero-order valence-electron chi connectivity index (χ0n) is 22.9. The maximum absolute atomic E-state index is 10.6. The van der Waals surface area contributed by atoms with E-state index in [4.69, 9.17) is 9.90 Å². The number of alkyl halides is 3. The number of rotatable bonds is 4. The molecule has 7 N–H and O–H groups in total. The molecule has 0 amide bonds. The van der Waals surface area contributed by atoms with Crippen molar-refractivity contribution in [2.45, 2.75) is 19.3 Å². The molecule has 3 rings (SSSR count). The summed E-state index contributed by atoms with van der Waals surface area (Å²) in [5.41, 5.74) is 2.85. The van der Waals surface area contributed by atoms with Crippen LogP contribution in [0.25, 0.3) is 0 Å². The molecule has 10 nitrogen and oxygen atoms in total. The highest BCUT2D eigenvalue weighted by molar-refractivity contribution is 5.73. The first kappa shape index (κ1) is 33.4. The van der Waals surface area contributed by atoms with E-state index in [9.17, 15) is 13.2 Å². The van der Waals surface area contributed by atoms with E-state index in [1.165, 1.54) is 11.1 Å². The number of aliphatic carboxylic acids is 1. The maximum Gasteiger partial charge on any atom is 0.490 e. The number of halogens is 3. The van der Waals surface area contributed by atoms with Gasteiger partial charge in [-0.25, -0.2) is 4.79 Å². The molecule has 0 radical (unpaired) electrons. The lowest BCUT2D eigenvalue weighted by Crippen LogP contribution is -2.41. The topological polar surface area (TPSA) is 116 Å². The molecule has 39 heavy (non-hydrogen) atoms. The Bertz CT molecular complexity index is 717. The van der Waals surface area contributed by atoms with E-state index in [1.807, 2.05) is 0 Å². The van der Waals surface area contributed by atoms with E-state index >= 15 is 0 Å². The van der Waals surface area contributed by atoms with Crippen molar-refractivity contribution in [3.05, 3.63) is 35.4 Å². The van der Waals surface area contributed by atoms with Crippen molar-refractivity contribution in [3.8, 4) is 0 Å². The predicted octanol–water partition coefficient (Wildman–Crippen LogP) is -0.511. The summed E-state index contributed by atoms with van der Waals surface area (Å²) in [6.45, 7) is 18.9. The lowest BCUT2D eigenvalue weighted by Gasteiger charge is -2.25. The Kier molecular flexibility index (Phi) is 17.2. The SMILES string of the molecule is O=C(O)C(F)(F)F.c1cc(CN2CCNCCNCCNCC2)cc(CN2CCNCCNCCNCC2)c1. The number of carbonyl (C=O) groups is 1. The average Bonchev–Trinajstić information content (AvgIpc) is 2.87. The van der Waals surface area contributed by atoms with E-state index in [2.05, 4.69) is 66.0 Å². The second kappa shape index (κ2) is 20.1. The molecular formula is C26H47F3N8O2. The van der Waals surface area contributed by atoms with Crippen LogP contribution in [-0.4, -0.2) is 132 Å². The Balaban J connectivity index is 0.000000673. The van der Waals surface area contributed by atoms with Gasteiger partial charge in [-0.05, 0) is 11.1 Å². The van der Waals surface area contributed by atoms with Crippen LogP contribution in [0.2, 0.25) is 0 Å². The highest BCUT2D eigenvalue weighted by atomic mass is 19.4. The minimum atomic E-state index is -5.08. The Morgan fingerprint density at radius 1 is 0.641 bits per heavy atom. The number of hydrogen-bond donors (Lipinski definition) is 7. The normalized spacial score (nSPS) is 20.7. The lowest BCUT2D eigenvalue weighted by atomic mass is 10.1. The predicted molar refractivity (Wildman–Crippen MR) is 148 cm³/mol. The van der Waals surface area contributed by atoms with E-state index in [1.54, 1.807) is 0 Å². The van der Waals surface area contributed by atoms with E-state index in [0.29, 0.717) is 0 Å². The molecule has 2 aliphatic heterocycles. The number of nitrogens with zero attached hydrogens (tertiary/aromatic N) is 2. The Morgan fingerprint density at radius 3 is 1.21 bits per heavy atom. The largest absolute Gasteiger partial charge is 0.490 e. The first-order valence-corrected chi connectivity index (χ1v) is 13.9. The van der Waals surface area contributed by atoms with Crippen LogP contribution in [0.1, 0.15) is 11.1 Å². The van der Waals surface area contributed by atoms with Crippen molar-refractivity contribution >= 4 is 5.97 Å². The average molecular weight is 561 g/mol. The van der Waals surface area contributed by atoms with Gasteiger partial charge >= 0.3 is 12.1 Å². The summed E-state index contributed by atoms with van der Waals surface area (Å²) in [5, 5.41) is 28.3. The van der Waals surface area contributed by atoms with Crippen LogP contribution in [0.5, 0.6) is 0 Å². The van der Waals surface area contributed by atoms with Crippen LogP contribution in [0.4, 0.5) is 13.2 Å². The highest BCUT2D eigenvalue weighted by Gasteiger charge is 2.38. The minimum Gasteiger partial charge on any atom is -0.475 e. The van der Waals surface area contributed by atoms with Gasteiger partial charge in [0.25, 0.3) is 0 Å². The Hall–Kier alpha value is -1.84. The molecule has 1 aromatic carbocycles. The van der Waals surface area contributed by atoms with Gasteiger partial charge in [0.2, 0.25) is 0 Å². The number of nitrogens with one attached hydrogen (secondary N) is 6. The van der Waals surface area contributed by atoms with Crippen LogP contribution in [0.15, 0.2) is 24.3 Å². The van der Waals surface area contributed by atoms with E-state index in [-0.39, 0.29) is 0 Å². The van der Waals surface area contributed by atoms with Crippen LogP contribution < -0.4 is 31.9 Å². The fourth-order valence-corrected chi connectivity index (χ4v) is 4.29. The van der Waals surface area contributed by atoms with Crippen LogP contribution in [0, 0.1) is 0 Å². The van der Waals surface area contributed by atoms with Gasteiger partial charge in [0, 0.05) is 118 Å². The van der Waals surface area contributed by atoms with Crippen LogP contribution in [-0.2, 0) is 17.9 Å². The Labute approximate surface area is 230 Å². The summed E-state index contributed by atoms with van der Waals surface area (Å²) < 4.78 is 31.7. The molecule has 0 saturated carbocycles. The minimum absolute atomic E-state index is 1.02. The van der Waals surface area contributed by atoms with Crippen molar-refractivity contribution in [2.75, 3.05) is 105 Å². The second-order valence-electron chi connectivity index (χ2n) is 9.68.